The smallest absolute Gasteiger partial charge is 0.322 e. The van der Waals surface area contributed by atoms with Gasteiger partial charge in [0.05, 0.1) is 17.7 Å². The van der Waals surface area contributed by atoms with Crippen LogP contribution in [0.2, 0.25) is 0 Å². The Bertz CT molecular complexity index is 1780. The Kier molecular flexibility index (Phi) is 17.3. The predicted molar refractivity (Wildman–Crippen MR) is 237 cm³/mol. The second-order valence-corrected chi connectivity index (χ2v) is 26.1. The number of alkyl halides is 4. The summed E-state index contributed by atoms with van der Waals surface area (Å²) in [6, 6.07) is 0. The first-order valence-corrected chi connectivity index (χ1v) is 22.7. The fourth-order valence-corrected chi connectivity index (χ4v) is 5.91. The van der Waals surface area contributed by atoms with Gasteiger partial charge in [-0.15, -0.1) is 0 Å². The van der Waals surface area contributed by atoms with Crippen molar-refractivity contribution < 1.29 is 81.7 Å². The number of hydrogen-bond acceptors (Lipinski definition) is 17. The molecule has 22 heteroatoms. The van der Waals surface area contributed by atoms with Crippen LogP contribution in [0.15, 0.2) is 12.2 Å². The summed E-state index contributed by atoms with van der Waals surface area (Å²) in [4.78, 5) is 92.8. The maximum atomic E-state index is 14.0. The van der Waals surface area contributed by atoms with E-state index in [-0.39, 0.29) is 18.3 Å². The number of carbonyl (C=O) groups is 7. The molecule has 2 atom stereocenters. The molecule has 0 aromatic carbocycles. The van der Waals surface area contributed by atoms with Crippen LogP contribution < -0.4 is 0 Å². The van der Waals surface area contributed by atoms with Gasteiger partial charge in [0.2, 0.25) is 11.8 Å². The van der Waals surface area contributed by atoms with E-state index in [1.165, 1.54) is 76.2 Å². The summed E-state index contributed by atoms with van der Waals surface area (Å²) < 4.78 is 40.7. The van der Waals surface area contributed by atoms with Gasteiger partial charge in [0.15, 0.2) is 0 Å². The van der Waals surface area contributed by atoms with Crippen LogP contribution >= 0.6 is 63.7 Å². The standard InChI is InChI=1S/C41H55Br4NO17/c1-35(2,42)28(49)57-16-40(10,17-58-29(50)36(3,4)43)33(54)61-20-39(9,32(53)56-15-14-46-26(47)24-22-12-13-23(63-22)25(24)27(46)48)21-62-34(55)41(11,18-59-30(51)37(5,6)44)19-60-31(52)38(7,8)45/h12-13,22-23,47-48H,14-21H2,1-11H3. The molecule has 0 saturated carbocycles. The van der Waals surface area contributed by atoms with E-state index >= 15 is 0 Å². The van der Waals surface area contributed by atoms with E-state index < -0.39 is 134 Å². The van der Waals surface area contributed by atoms with Crippen LogP contribution in [0.5, 0.6) is 11.8 Å². The zero-order chi connectivity index (χ0) is 48.3. The van der Waals surface area contributed by atoms with E-state index in [9.17, 15) is 43.8 Å². The van der Waals surface area contributed by atoms with Crippen LogP contribution in [0, 0.1) is 16.2 Å². The van der Waals surface area contributed by atoms with E-state index in [4.69, 9.17) is 37.9 Å². The lowest BCUT2D eigenvalue weighted by Crippen LogP contribution is -2.47. The first-order valence-electron chi connectivity index (χ1n) is 19.5. The van der Waals surface area contributed by atoms with Crippen LogP contribution in [-0.4, -0.2) is 120 Å². The Hall–Kier alpha value is -3.21. The minimum absolute atomic E-state index is 0.239. The SMILES string of the molecule is CC(C)(Br)C(=O)OCC(C)(COC(=O)C(C)(C)Br)C(=O)OCC(C)(COC(=O)C(C)(COC(=O)C(C)(C)Br)COC(=O)C(C)(C)Br)C(=O)OCCn1c(O)c2c(c1O)C1C=CC2O1. The van der Waals surface area contributed by atoms with Gasteiger partial charge in [0, 0.05) is 0 Å². The lowest BCUT2D eigenvalue weighted by Gasteiger charge is -2.33. The molecule has 0 fully saturated rings. The number of hydrogen-bond donors (Lipinski definition) is 2. The molecule has 1 aromatic heterocycles. The average Bonchev–Trinajstić information content (AvgIpc) is 3.86. The number of aromatic nitrogens is 1. The van der Waals surface area contributed by atoms with Crippen molar-refractivity contribution in [3.63, 3.8) is 0 Å². The minimum atomic E-state index is -2.02. The summed E-state index contributed by atoms with van der Waals surface area (Å²) in [7, 11) is 0. The molecule has 2 unspecified atom stereocenters. The molecule has 3 heterocycles. The second-order valence-electron chi connectivity index (χ2n) is 18.2. The molecule has 2 aliphatic heterocycles. The van der Waals surface area contributed by atoms with E-state index in [1.807, 2.05) is 0 Å². The average molecular weight is 1150 g/mol. The van der Waals surface area contributed by atoms with E-state index in [1.54, 1.807) is 12.2 Å². The van der Waals surface area contributed by atoms with Crippen molar-refractivity contribution in [2.24, 2.45) is 16.2 Å². The molecule has 18 nitrogen and oxygen atoms in total. The van der Waals surface area contributed by atoms with Gasteiger partial charge in [0.25, 0.3) is 0 Å². The third-order valence-electron chi connectivity index (χ3n) is 9.71. The van der Waals surface area contributed by atoms with Crippen LogP contribution in [0.3, 0.4) is 0 Å². The largest absolute Gasteiger partial charge is 0.494 e. The predicted octanol–water partition coefficient (Wildman–Crippen LogP) is 6.10. The fraction of sp³-hybridized carbons (Fsp3) is 0.683. The molecule has 0 spiro atoms. The highest BCUT2D eigenvalue weighted by Gasteiger charge is 2.47. The molecule has 2 N–H and O–H groups in total. The summed E-state index contributed by atoms with van der Waals surface area (Å²) in [6.45, 7) is 11.1. The molecule has 2 aliphatic rings. The Labute approximate surface area is 399 Å². The molecule has 3 rings (SSSR count). The zero-order valence-corrected chi connectivity index (χ0v) is 43.3. The molecule has 0 saturated heterocycles. The van der Waals surface area contributed by atoms with Crippen LogP contribution in [-0.2, 0) is 78.0 Å². The summed E-state index contributed by atoms with van der Waals surface area (Å²) in [5, 5.41) is 21.8. The number of fused-ring (bicyclic) bond motifs is 5. The van der Waals surface area contributed by atoms with Gasteiger partial charge in [-0.1, -0.05) is 75.9 Å². The molecule has 63 heavy (non-hydrogen) atoms. The second kappa shape index (κ2) is 20.1. The number of carbonyl (C=O) groups excluding carboxylic acids is 7. The normalized spacial score (nSPS) is 16.5. The molecule has 1 aromatic rings. The van der Waals surface area contributed by atoms with Gasteiger partial charge >= 0.3 is 41.8 Å². The quantitative estimate of drug-likeness (QED) is 0.0577. The third-order valence-corrected chi connectivity index (χ3v) is 11.0. The van der Waals surface area contributed by atoms with Crippen LogP contribution in [0.25, 0.3) is 0 Å². The Morgan fingerprint density at radius 3 is 0.968 bits per heavy atom. The van der Waals surface area contributed by atoms with Gasteiger partial charge in [-0.25, -0.2) is 0 Å². The van der Waals surface area contributed by atoms with E-state index in [0.29, 0.717) is 11.1 Å². The van der Waals surface area contributed by atoms with Gasteiger partial charge in [-0.05, 0) is 76.2 Å². The summed E-state index contributed by atoms with van der Waals surface area (Å²) in [5.41, 5.74) is -4.94. The monoisotopic (exact) mass is 1150 g/mol. The number of aromatic hydroxyl groups is 2. The molecular weight excluding hydrogens is 1100 g/mol. The van der Waals surface area contributed by atoms with Crippen molar-refractivity contribution in [2.75, 3.05) is 46.2 Å². The lowest BCUT2D eigenvalue weighted by molar-refractivity contribution is -0.182. The molecular formula is C41H55Br4NO17. The first-order chi connectivity index (χ1) is 28.6. The van der Waals surface area contributed by atoms with Gasteiger partial charge < -0.3 is 48.1 Å². The number of halogens is 4. The van der Waals surface area contributed by atoms with Crippen LogP contribution in [0.1, 0.15) is 99.5 Å². The Balaban J connectivity index is 1.93. The Morgan fingerprint density at radius 1 is 0.476 bits per heavy atom. The number of nitrogens with zero attached hydrogens (tertiary/aromatic N) is 1. The van der Waals surface area contributed by atoms with Crippen molar-refractivity contribution >= 4 is 106 Å². The zero-order valence-electron chi connectivity index (χ0n) is 36.9. The molecule has 354 valence electrons. The fourth-order valence-electron chi connectivity index (χ4n) is 5.45. The highest BCUT2D eigenvalue weighted by atomic mass is 79.9. The number of rotatable bonds is 22. The third kappa shape index (κ3) is 13.7. The highest BCUT2D eigenvalue weighted by molar-refractivity contribution is 9.10. The van der Waals surface area contributed by atoms with Gasteiger partial charge in [-0.2, -0.15) is 0 Å². The van der Waals surface area contributed by atoms with Crippen molar-refractivity contribution in [3.8, 4) is 11.8 Å². The maximum Gasteiger partial charge on any atom is 0.322 e. The van der Waals surface area contributed by atoms with E-state index in [2.05, 4.69) is 63.7 Å². The number of esters is 7. The molecule has 2 bridgehead atoms. The van der Waals surface area contributed by atoms with Crippen molar-refractivity contribution in [1.82, 2.24) is 4.57 Å². The highest BCUT2D eigenvalue weighted by Crippen LogP contribution is 2.54. The Morgan fingerprint density at radius 2 is 0.714 bits per heavy atom. The topological polar surface area (TPSA) is 239 Å². The molecule has 0 amide bonds. The summed E-state index contributed by atoms with van der Waals surface area (Å²) >= 11 is 12.8. The van der Waals surface area contributed by atoms with Crippen molar-refractivity contribution in [1.29, 1.82) is 0 Å². The van der Waals surface area contributed by atoms with Gasteiger partial charge in [0.1, 0.15) is 92.0 Å². The maximum absolute atomic E-state index is 14.0. The van der Waals surface area contributed by atoms with Crippen molar-refractivity contribution in [3.05, 3.63) is 23.3 Å². The lowest BCUT2D eigenvalue weighted by atomic mass is 9.90. The molecule has 0 radical (unpaired) electrons. The van der Waals surface area contributed by atoms with Gasteiger partial charge in [-0.3, -0.25) is 38.1 Å². The number of ether oxygens (including phenoxy) is 8. The molecule has 0 aliphatic carbocycles. The summed E-state index contributed by atoms with van der Waals surface area (Å²) in [5.74, 6) is -6.86. The minimum Gasteiger partial charge on any atom is -0.494 e. The van der Waals surface area contributed by atoms with Crippen LogP contribution in [0.4, 0.5) is 0 Å². The van der Waals surface area contributed by atoms with E-state index in [0.717, 1.165) is 4.57 Å². The van der Waals surface area contributed by atoms with Crippen molar-refractivity contribution in [2.45, 2.75) is 112 Å². The summed E-state index contributed by atoms with van der Waals surface area (Å²) in [6.07, 6.45) is 2.35. The first kappa shape index (κ1) is 54.1.